The second-order valence-electron chi connectivity index (χ2n) is 5.70. The molecular weight excluding hydrogens is 358 g/mol. The van der Waals surface area contributed by atoms with E-state index in [1.54, 1.807) is 18.4 Å². The van der Waals surface area contributed by atoms with Crippen LogP contribution in [0.5, 0.6) is 5.75 Å². The molecule has 6 heteroatoms. The van der Waals surface area contributed by atoms with E-state index in [2.05, 4.69) is 22.5 Å². The van der Waals surface area contributed by atoms with Gasteiger partial charge in [-0.25, -0.2) is 4.68 Å². The van der Waals surface area contributed by atoms with Gasteiger partial charge in [0.2, 0.25) is 4.80 Å². The van der Waals surface area contributed by atoms with Crippen LogP contribution in [0.2, 0.25) is 0 Å². The minimum Gasteiger partial charge on any atom is -0.494 e. The Hall–Kier alpha value is -2.70. The number of hydrogen-bond acceptors (Lipinski definition) is 5. The maximum Gasteiger partial charge on any atom is 0.206 e. The second-order valence-corrected chi connectivity index (χ2v) is 6.54. The molecule has 0 atom stereocenters. The number of hydrogen-bond donors (Lipinski definition) is 0. The van der Waals surface area contributed by atoms with Gasteiger partial charge in [-0.3, -0.25) is 4.99 Å². The molecule has 0 spiro atoms. The molecule has 0 radical (unpaired) electrons. The minimum atomic E-state index is 0.584. The molecule has 0 saturated carbocycles. The van der Waals surface area contributed by atoms with Crippen LogP contribution in [-0.2, 0) is 4.74 Å². The predicted octanol–water partition coefficient (Wildman–Crippen LogP) is 4.04. The van der Waals surface area contributed by atoms with Crippen LogP contribution < -0.4 is 9.54 Å². The molecule has 2 aromatic carbocycles. The molecule has 3 rings (SSSR count). The Morgan fingerprint density at radius 1 is 1.07 bits per heavy atom. The molecule has 5 nitrogen and oxygen atoms in total. The van der Waals surface area contributed by atoms with Gasteiger partial charge in [-0.05, 0) is 36.8 Å². The zero-order valence-electron chi connectivity index (χ0n) is 15.5. The fraction of sp³-hybridized carbons (Fsp3) is 0.238. The van der Waals surface area contributed by atoms with E-state index in [0.29, 0.717) is 19.8 Å². The number of ether oxygens (including phenoxy) is 2. The molecule has 0 aliphatic heterocycles. The van der Waals surface area contributed by atoms with Crippen LogP contribution in [0.15, 0.2) is 70.1 Å². The summed E-state index contributed by atoms with van der Waals surface area (Å²) < 4.78 is 12.5. The van der Waals surface area contributed by atoms with Crippen molar-refractivity contribution in [2.75, 3.05) is 26.9 Å². The first-order valence-corrected chi connectivity index (χ1v) is 9.72. The molecule has 0 N–H and O–H groups in total. The summed E-state index contributed by atoms with van der Waals surface area (Å²) in [5.74, 6) is 0.859. The summed E-state index contributed by atoms with van der Waals surface area (Å²) in [4.78, 5) is 5.46. The van der Waals surface area contributed by atoms with Crippen molar-refractivity contribution in [2.45, 2.75) is 6.92 Å². The average Bonchev–Trinajstić information content (AvgIpc) is 3.11. The lowest BCUT2D eigenvalue weighted by Gasteiger charge is -2.04. The molecule has 0 bridgehead atoms. The Bertz CT molecular complexity index is 928. The summed E-state index contributed by atoms with van der Waals surface area (Å²) in [6.45, 7) is 3.82. The normalized spacial score (nSPS) is 12.0. The number of benzene rings is 2. The van der Waals surface area contributed by atoms with E-state index in [1.807, 2.05) is 60.3 Å². The first-order chi connectivity index (χ1) is 13.3. The Morgan fingerprint density at radius 2 is 1.85 bits per heavy atom. The average molecular weight is 382 g/mol. The van der Waals surface area contributed by atoms with Crippen LogP contribution in [0.1, 0.15) is 12.5 Å². The van der Waals surface area contributed by atoms with Gasteiger partial charge in [0.15, 0.2) is 0 Å². The second kappa shape index (κ2) is 9.85. The highest BCUT2D eigenvalue weighted by Crippen LogP contribution is 2.19. The van der Waals surface area contributed by atoms with E-state index in [-0.39, 0.29) is 0 Å². The highest BCUT2D eigenvalue weighted by atomic mass is 32.1. The summed E-state index contributed by atoms with van der Waals surface area (Å²) in [6.07, 6.45) is 1.84. The Morgan fingerprint density at radius 3 is 2.56 bits per heavy atom. The minimum absolute atomic E-state index is 0.584. The fourth-order valence-corrected chi connectivity index (χ4v) is 3.36. The van der Waals surface area contributed by atoms with Crippen molar-refractivity contribution >= 4 is 17.6 Å². The van der Waals surface area contributed by atoms with Gasteiger partial charge >= 0.3 is 0 Å². The standard InChI is InChI=1S/C21H23N3O2S/c1-3-26-19-11-9-17(10-12-19)15-23-24-20(18-7-5-4-6-8-18)16-27-21(24)22-13-14-25-2/h4-12,15-16H,3,13-14H2,1-2H3/b22-21?,23-15+. The summed E-state index contributed by atoms with van der Waals surface area (Å²) in [7, 11) is 1.68. The summed E-state index contributed by atoms with van der Waals surface area (Å²) in [5.41, 5.74) is 3.11. The van der Waals surface area contributed by atoms with Crippen LogP contribution in [-0.4, -0.2) is 37.8 Å². The fourth-order valence-electron chi connectivity index (χ4n) is 2.50. The van der Waals surface area contributed by atoms with Crippen molar-refractivity contribution in [1.82, 2.24) is 4.68 Å². The van der Waals surface area contributed by atoms with Gasteiger partial charge in [0, 0.05) is 18.1 Å². The Balaban J connectivity index is 1.93. The molecule has 0 aliphatic carbocycles. The van der Waals surface area contributed by atoms with Crippen LogP contribution in [0.25, 0.3) is 11.3 Å². The van der Waals surface area contributed by atoms with Gasteiger partial charge in [-0.15, -0.1) is 11.3 Å². The van der Waals surface area contributed by atoms with Crippen molar-refractivity contribution in [3.63, 3.8) is 0 Å². The number of aromatic nitrogens is 1. The third kappa shape index (κ3) is 5.15. The molecule has 0 amide bonds. The number of rotatable bonds is 8. The molecule has 140 valence electrons. The first kappa shape index (κ1) is 19.1. The van der Waals surface area contributed by atoms with E-state index < -0.39 is 0 Å². The van der Waals surface area contributed by atoms with Crippen LogP contribution in [0.4, 0.5) is 0 Å². The van der Waals surface area contributed by atoms with Crippen molar-refractivity contribution in [3.8, 4) is 17.0 Å². The topological polar surface area (TPSA) is 48.1 Å². The number of methoxy groups -OCH3 is 1. The summed E-state index contributed by atoms with van der Waals surface area (Å²) in [6, 6.07) is 18.1. The van der Waals surface area contributed by atoms with Gasteiger partial charge in [0.05, 0.1) is 31.7 Å². The SMILES string of the molecule is CCOc1ccc(/C=N/n2c(-c3ccccc3)csc2=NCCOC)cc1. The van der Waals surface area contributed by atoms with Crippen LogP contribution in [0.3, 0.4) is 0 Å². The zero-order valence-corrected chi connectivity index (χ0v) is 16.4. The highest BCUT2D eigenvalue weighted by molar-refractivity contribution is 7.07. The molecule has 1 aromatic heterocycles. The van der Waals surface area contributed by atoms with Gasteiger partial charge in [-0.2, -0.15) is 5.10 Å². The molecule has 1 heterocycles. The largest absolute Gasteiger partial charge is 0.494 e. The molecule has 0 aliphatic rings. The van der Waals surface area contributed by atoms with Crippen LogP contribution in [0, 0.1) is 0 Å². The quantitative estimate of drug-likeness (QED) is 0.437. The maximum atomic E-state index is 5.49. The smallest absolute Gasteiger partial charge is 0.206 e. The molecule has 0 saturated heterocycles. The van der Waals surface area contributed by atoms with Gasteiger partial charge in [-0.1, -0.05) is 30.3 Å². The lowest BCUT2D eigenvalue weighted by molar-refractivity contribution is 0.207. The summed E-state index contributed by atoms with van der Waals surface area (Å²) >= 11 is 1.57. The van der Waals surface area contributed by atoms with Gasteiger partial charge in [0.1, 0.15) is 5.75 Å². The molecular formula is C21H23N3O2S. The third-order valence-corrected chi connectivity index (χ3v) is 4.66. The third-order valence-electron chi connectivity index (χ3n) is 3.81. The molecule has 0 unspecified atom stereocenters. The summed E-state index contributed by atoms with van der Waals surface area (Å²) in [5, 5.41) is 6.77. The van der Waals surface area contributed by atoms with Gasteiger partial charge in [0.25, 0.3) is 0 Å². The lowest BCUT2D eigenvalue weighted by atomic mass is 10.2. The van der Waals surface area contributed by atoms with Crippen molar-refractivity contribution in [1.29, 1.82) is 0 Å². The van der Waals surface area contributed by atoms with E-state index in [1.165, 1.54) is 0 Å². The Labute approximate surface area is 163 Å². The Kier molecular flexibility index (Phi) is 6.96. The first-order valence-electron chi connectivity index (χ1n) is 8.84. The van der Waals surface area contributed by atoms with Crippen molar-refractivity contribution in [2.24, 2.45) is 10.1 Å². The predicted molar refractivity (Wildman–Crippen MR) is 111 cm³/mol. The molecule has 27 heavy (non-hydrogen) atoms. The highest BCUT2D eigenvalue weighted by Gasteiger charge is 2.06. The number of nitrogens with zero attached hydrogens (tertiary/aromatic N) is 3. The van der Waals surface area contributed by atoms with E-state index in [9.17, 15) is 0 Å². The monoisotopic (exact) mass is 381 g/mol. The lowest BCUT2D eigenvalue weighted by Crippen LogP contribution is -2.13. The van der Waals surface area contributed by atoms with Crippen molar-refractivity contribution in [3.05, 3.63) is 70.3 Å². The van der Waals surface area contributed by atoms with Crippen LogP contribution >= 0.6 is 11.3 Å². The maximum absolute atomic E-state index is 5.49. The van der Waals surface area contributed by atoms with E-state index in [0.717, 1.165) is 27.4 Å². The van der Waals surface area contributed by atoms with E-state index in [4.69, 9.17) is 14.6 Å². The van der Waals surface area contributed by atoms with E-state index >= 15 is 0 Å². The zero-order chi connectivity index (χ0) is 18.9. The number of thiazole rings is 1. The van der Waals surface area contributed by atoms with Crippen molar-refractivity contribution < 1.29 is 9.47 Å². The molecule has 3 aromatic rings. The molecule has 0 fully saturated rings. The van der Waals surface area contributed by atoms with Gasteiger partial charge < -0.3 is 9.47 Å².